The van der Waals surface area contributed by atoms with Gasteiger partial charge in [-0.05, 0) is 37.1 Å². The second-order valence-electron chi connectivity index (χ2n) is 7.50. The summed E-state index contributed by atoms with van der Waals surface area (Å²) in [4.78, 5) is 21.4. The molecule has 2 aromatic rings. The maximum Gasteiger partial charge on any atom is 0.289 e. The number of carbonyl (C=O) groups excluding carboxylic acids is 1. The van der Waals surface area contributed by atoms with E-state index in [-0.39, 0.29) is 29.9 Å². The van der Waals surface area contributed by atoms with Crippen molar-refractivity contribution in [3.05, 3.63) is 59.5 Å². The Morgan fingerprint density at radius 1 is 1.03 bits per heavy atom. The summed E-state index contributed by atoms with van der Waals surface area (Å²) in [5.74, 6) is 1.20. The van der Waals surface area contributed by atoms with E-state index in [0.717, 1.165) is 36.7 Å². The van der Waals surface area contributed by atoms with E-state index in [1.807, 2.05) is 17.9 Å². The zero-order valence-corrected chi connectivity index (χ0v) is 21.8. The number of furan rings is 1. The van der Waals surface area contributed by atoms with Gasteiger partial charge >= 0.3 is 0 Å². The zero-order chi connectivity index (χ0) is 22.6. The van der Waals surface area contributed by atoms with Crippen LogP contribution in [-0.2, 0) is 22.6 Å². The Balaban J connectivity index is 0.00000385. The van der Waals surface area contributed by atoms with E-state index in [9.17, 15) is 4.79 Å². The molecule has 182 valence electrons. The fraction of sp³-hybridized carbons (Fsp3) is 0.500. The largest absolute Gasteiger partial charge is 0.459 e. The van der Waals surface area contributed by atoms with Crippen molar-refractivity contribution >= 4 is 35.8 Å². The minimum atomic E-state index is -0.0584. The number of piperazine rings is 1. The molecule has 1 N–H and O–H groups in total. The predicted octanol–water partition coefficient (Wildman–Crippen LogP) is 3.37. The maximum absolute atomic E-state index is 12.5. The minimum Gasteiger partial charge on any atom is -0.459 e. The number of amides is 1. The van der Waals surface area contributed by atoms with Crippen LogP contribution in [0, 0.1) is 0 Å². The van der Waals surface area contributed by atoms with Gasteiger partial charge in [-0.3, -0.25) is 4.79 Å². The highest BCUT2D eigenvalue weighted by Gasteiger charge is 2.25. The number of hydrogen-bond acceptors (Lipinski definition) is 5. The van der Waals surface area contributed by atoms with Gasteiger partial charge in [-0.15, -0.1) is 24.0 Å². The van der Waals surface area contributed by atoms with Gasteiger partial charge in [0.05, 0.1) is 32.6 Å². The van der Waals surface area contributed by atoms with Gasteiger partial charge in [-0.1, -0.05) is 24.3 Å². The molecule has 8 nitrogen and oxygen atoms in total. The van der Waals surface area contributed by atoms with Crippen molar-refractivity contribution in [1.29, 1.82) is 0 Å². The Labute approximate surface area is 213 Å². The van der Waals surface area contributed by atoms with Crippen LogP contribution in [-0.4, -0.2) is 74.2 Å². The SMILES string of the molecule is CCNC(=NCc1cccc(COCCOCC)c1)N1CCN(C(=O)c2ccco2)CC1.I. The zero-order valence-electron chi connectivity index (χ0n) is 19.5. The highest BCUT2D eigenvalue weighted by molar-refractivity contribution is 14.0. The fourth-order valence-corrected chi connectivity index (χ4v) is 3.54. The first-order chi connectivity index (χ1) is 15.7. The molecule has 1 aliphatic rings. The molecule has 0 bridgehead atoms. The number of halogens is 1. The van der Waals surface area contributed by atoms with E-state index in [1.54, 1.807) is 12.1 Å². The lowest BCUT2D eigenvalue weighted by Crippen LogP contribution is -2.53. The molecule has 33 heavy (non-hydrogen) atoms. The van der Waals surface area contributed by atoms with Crippen LogP contribution < -0.4 is 5.32 Å². The van der Waals surface area contributed by atoms with Crippen molar-refractivity contribution < 1.29 is 18.7 Å². The molecule has 2 heterocycles. The van der Waals surface area contributed by atoms with Crippen LogP contribution in [0.25, 0.3) is 0 Å². The first-order valence-corrected chi connectivity index (χ1v) is 11.3. The molecule has 1 aromatic carbocycles. The number of benzene rings is 1. The van der Waals surface area contributed by atoms with Crippen molar-refractivity contribution in [2.75, 3.05) is 52.5 Å². The van der Waals surface area contributed by atoms with E-state index in [4.69, 9.17) is 18.9 Å². The number of carbonyl (C=O) groups is 1. The van der Waals surface area contributed by atoms with E-state index in [1.165, 1.54) is 6.26 Å². The monoisotopic (exact) mass is 570 g/mol. The number of aliphatic imine (C=N–C) groups is 1. The lowest BCUT2D eigenvalue weighted by atomic mass is 10.1. The van der Waals surface area contributed by atoms with Gasteiger partial charge in [-0.25, -0.2) is 4.99 Å². The van der Waals surface area contributed by atoms with E-state index < -0.39 is 0 Å². The summed E-state index contributed by atoms with van der Waals surface area (Å²) in [7, 11) is 0. The molecule has 0 aliphatic carbocycles. The molecule has 1 fully saturated rings. The average molecular weight is 570 g/mol. The molecule has 0 atom stereocenters. The molecule has 0 spiro atoms. The summed E-state index contributed by atoms with van der Waals surface area (Å²) in [6, 6.07) is 11.8. The van der Waals surface area contributed by atoms with E-state index in [2.05, 4.69) is 35.3 Å². The Kier molecular flexibility index (Phi) is 12.3. The first-order valence-electron chi connectivity index (χ1n) is 11.3. The van der Waals surface area contributed by atoms with Gasteiger partial charge in [0.1, 0.15) is 0 Å². The minimum absolute atomic E-state index is 0. The summed E-state index contributed by atoms with van der Waals surface area (Å²) in [6.07, 6.45) is 1.53. The van der Waals surface area contributed by atoms with Crippen molar-refractivity contribution in [2.24, 2.45) is 4.99 Å². The van der Waals surface area contributed by atoms with E-state index in [0.29, 0.717) is 51.8 Å². The maximum atomic E-state index is 12.5. The Hall–Kier alpha value is -2.11. The van der Waals surface area contributed by atoms with Gasteiger partial charge in [0.25, 0.3) is 5.91 Å². The molecule has 1 aliphatic heterocycles. The Morgan fingerprint density at radius 3 is 2.45 bits per heavy atom. The summed E-state index contributed by atoms with van der Waals surface area (Å²) in [6.45, 7) is 10.6. The number of nitrogens with zero attached hydrogens (tertiary/aromatic N) is 3. The van der Waals surface area contributed by atoms with Crippen molar-refractivity contribution in [1.82, 2.24) is 15.1 Å². The Bertz CT molecular complexity index is 852. The van der Waals surface area contributed by atoms with Gasteiger partial charge in [-0.2, -0.15) is 0 Å². The van der Waals surface area contributed by atoms with E-state index >= 15 is 0 Å². The van der Waals surface area contributed by atoms with Gasteiger partial charge in [0, 0.05) is 39.3 Å². The third kappa shape index (κ3) is 8.63. The molecule has 9 heteroatoms. The van der Waals surface area contributed by atoms with Crippen LogP contribution in [0.4, 0.5) is 0 Å². The molecule has 0 unspecified atom stereocenters. The second kappa shape index (κ2) is 14.9. The highest BCUT2D eigenvalue weighted by Crippen LogP contribution is 2.11. The van der Waals surface area contributed by atoms with Crippen LogP contribution in [0.5, 0.6) is 0 Å². The fourth-order valence-electron chi connectivity index (χ4n) is 3.54. The second-order valence-corrected chi connectivity index (χ2v) is 7.50. The normalized spacial score (nSPS) is 14.2. The molecule has 1 aromatic heterocycles. The van der Waals surface area contributed by atoms with Crippen LogP contribution >= 0.6 is 24.0 Å². The van der Waals surface area contributed by atoms with Crippen LogP contribution in [0.2, 0.25) is 0 Å². The summed E-state index contributed by atoms with van der Waals surface area (Å²) < 4.78 is 16.2. The molecule has 3 rings (SSSR count). The average Bonchev–Trinajstić information content (AvgIpc) is 3.37. The molecule has 1 saturated heterocycles. The number of guanidine groups is 1. The quantitative estimate of drug-likeness (QED) is 0.204. The third-order valence-corrected chi connectivity index (χ3v) is 5.18. The van der Waals surface area contributed by atoms with Crippen LogP contribution in [0.3, 0.4) is 0 Å². The summed E-state index contributed by atoms with van der Waals surface area (Å²) in [5.41, 5.74) is 2.27. The molecule has 0 saturated carbocycles. The Morgan fingerprint density at radius 2 is 1.76 bits per heavy atom. The number of rotatable bonds is 10. The predicted molar refractivity (Wildman–Crippen MR) is 139 cm³/mol. The van der Waals surface area contributed by atoms with Crippen molar-refractivity contribution in [3.8, 4) is 0 Å². The van der Waals surface area contributed by atoms with Crippen molar-refractivity contribution in [2.45, 2.75) is 27.0 Å². The topological polar surface area (TPSA) is 79.5 Å². The molecule has 0 radical (unpaired) electrons. The smallest absolute Gasteiger partial charge is 0.289 e. The molecule has 1 amide bonds. The lowest BCUT2D eigenvalue weighted by molar-refractivity contribution is 0.0453. The van der Waals surface area contributed by atoms with Gasteiger partial charge < -0.3 is 29.0 Å². The van der Waals surface area contributed by atoms with Gasteiger partial charge in [0.15, 0.2) is 11.7 Å². The molecular formula is C24H35IN4O4. The number of ether oxygens (including phenoxy) is 2. The van der Waals surface area contributed by atoms with Gasteiger partial charge in [0.2, 0.25) is 0 Å². The first kappa shape index (κ1) is 27.1. The lowest BCUT2D eigenvalue weighted by Gasteiger charge is -2.36. The molecular weight excluding hydrogens is 535 g/mol. The number of nitrogens with one attached hydrogen (secondary N) is 1. The summed E-state index contributed by atoms with van der Waals surface area (Å²) in [5, 5.41) is 3.38. The van der Waals surface area contributed by atoms with Crippen LogP contribution in [0.1, 0.15) is 35.5 Å². The van der Waals surface area contributed by atoms with Crippen molar-refractivity contribution in [3.63, 3.8) is 0 Å². The highest BCUT2D eigenvalue weighted by atomic mass is 127. The number of hydrogen-bond donors (Lipinski definition) is 1. The summed E-state index contributed by atoms with van der Waals surface area (Å²) >= 11 is 0. The standard InChI is InChI=1S/C24H34N4O4.HI/c1-3-25-24(28-12-10-27(11-13-28)23(29)22-9-6-14-32-22)26-18-20-7-5-8-21(17-20)19-31-16-15-30-4-2;/h5-9,14,17H,3-4,10-13,15-16,18-19H2,1-2H3,(H,25,26);1H. The third-order valence-electron chi connectivity index (χ3n) is 5.18. The van der Waals surface area contributed by atoms with Crippen LogP contribution in [0.15, 0.2) is 52.1 Å².